The second kappa shape index (κ2) is 4.44. The molecule has 1 atom stereocenters. The maximum Gasteiger partial charge on any atom is 0.131 e. The quantitative estimate of drug-likeness (QED) is 0.622. The number of ether oxygens (including phenoxy) is 1. The number of nitrogens with zero attached hydrogens (tertiary/aromatic N) is 2. The number of hydrazine groups is 1. The molecule has 0 radical (unpaired) electrons. The summed E-state index contributed by atoms with van der Waals surface area (Å²) in [5.74, 6) is 7.56. The van der Waals surface area contributed by atoms with Gasteiger partial charge in [0.1, 0.15) is 17.6 Å². The molecule has 0 bridgehead atoms. The summed E-state index contributed by atoms with van der Waals surface area (Å²) in [4.78, 5) is 4.35. The van der Waals surface area contributed by atoms with E-state index >= 15 is 0 Å². The molecule has 1 unspecified atom stereocenters. The van der Waals surface area contributed by atoms with E-state index in [1.54, 1.807) is 6.20 Å². The van der Waals surface area contributed by atoms with Crippen molar-refractivity contribution in [3.63, 3.8) is 0 Å². The first kappa shape index (κ1) is 11.3. The van der Waals surface area contributed by atoms with Crippen LogP contribution < -0.4 is 16.0 Å². The molecule has 0 saturated carbocycles. The van der Waals surface area contributed by atoms with Crippen LogP contribution in [-0.4, -0.2) is 16.2 Å². The first-order chi connectivity index (χ1) is 8.79. The van der Waals surface area contributed by atoms with Crippen molar-refractivity contribution in [2.45, 2.75) is 12.5 Å². The standard InChI is InChI=1S/C13H16N4O/c1-17-6-5-15-13(17)12(16-14)10-2-3-11-9(8-10)4-7-18-11/h2-3,5-6,8,12,16H,4,7,14H2,1H3. The van der Waals surface area contributed by atoms with Crippen molar-refractivity contribution < 1.29 is 4.74 Å². The van der Waals surface area contributed by atoms with Gasteiger partial charge in [0.25, 0.3) is 0 Å². The molecule has 0 spiro atoms. The van der Waals surface area contributed by atoms with Crippen LogP contribution in [0.5, 0.6) is 5.75 Å². The zero-order valence-corrected chi connectivity index (χ0v) is 10.3. The third kappa shape index (κ3) is 1.77. The largest absolute Gasteiger partial charge is 0.493 e. The number of aromatic nitrogens is 2. The summed E-state index contributed by atoms with van der Waals surface area (Å²) in [5.41, 5.74) is 5.17. The van der Waals surface area contributed by atoms with Gasteiger partial charge in [0.15, 0.2) is 0 Å². The van der Waals surface area contributed by atoms with E-state index in [9.17, 15) is 0 Å². The van der Waals surface area contributed by atoms with Crippen molar-refractivity contribution in [2.75, 3.05) is 6.61 Å². The summed E-state index contributed by atoms with van der Waals surface area (Å²) in [6, 6.07) is 6.08. The van der Waals surface area contributed by atoms with E-state index in [1.807, 2.05) is 29.9 Å². The first-order valence-electron chi connectivity index (χ1n) is 5.98. The van der Waals surface area contributed by atoms with E-state index in [0.29, 0.717) is 0 Å². The minimum Gasteiger partial charge on any atom is -0.493 e. The molecule has 0 aliphatic carbocycles. The third-order valence-electron chi connectivity index (χ3n) is 3.33. The Morgan fingerprint density at radius 3 is 3.11 bits per heavy atom. The van der Waals surface area contributed by atoms with Crippen LogP contribution in [0.2, 0.25) is 0 Å². The van der Waals surface area contributed by atoms with Crippen molar-refractivity contribution in [1.82, 2.24) is 15.0 Å². The van der Waals surface area contributed by atoms with E-state index in [-0.39, 0.29) is 6.04 Å². The molecular formula is C13H16N4O. The summed E-state index contributed by atoms with van der Waals surface area (Å²) in [6.07, 6.45) is 4.65. The fraction of sp³-hybridized carbons (Fsp3) is 0.308. The van der Waals surface area contributed by atoms with Crippen LogP contribution in [0.3, 0.4) is 0 Å². The van der Waals surface area contributed by atoms with Gasteiger partial charge >= 0.3 is 0 Å². The van der Waals surface area contributed by atoms with Gasteiger partial charge in [-0.25, -0.2) is 10.4 Å². The van der Waals surface area contributed by atoms with Crippen LogP contribution in [0.1, 0.15) is 23.0 Å². The van der Waals surface area contributed by atoms with Crippen molar-refractivity contribution in [3.8, 4) is 5.75 Å². The second-order valence-corrected chi connectivity index (χ2v) is 4.46. The minimum atomic E-state index is -0.101. The highest BCUT2D eigenvalue weighted by molar-refractivity contribution is 5.42. The van der Waals surface area contributed by atoms with E-state index in [0.717, 1.165) is 30.2 Å². The molecule has 5 heteroatoms. The Kier molecular flexibility index (Phi) is 2.77. The Labute approximate surface area is 106 Å². The predicted octanol–water partition coefficient (Wildman–Crippen LogP) is 0.908. The Hall–Kier alpha value is -1.85. The molecule has 2 aromatic rings. The fourth-order valence-electron chi connectivity index (χ4n) is 2.36. The van der Waals surface area contributed by atoms with E-state index in [1.165, 1.54) is 5.56 Å². The maximum atomic E-state index is 5.68. The highest BCUT2D eigenvalue weighted by Crippen LogP contribution is 2.29. The van der Waals surface area contributed by atoms with Crippen molar-refractivity contribution in [2.24, 2.45) is 12.9 Å². The lowest BCUT2D eigenvalue weighted by Crippen LogP contribution is -2.30. The van der Waals surface area contributed by atoms with Gasteiger partial charge in [0, 0.05) is 25.9 Å². The van der Waals surface area contributed by atoms with Crippen LogP contribution >= 0.6 is 0 Å². The molecule has 0 amide bonds. The molecule has 3 rings (SSSR count). The lowest BCUT2D eigenvalue weighted by molar-refractivity contribution is 0.356. The first-order valence-corrected chi connectivity index (χ1v) is 5.98. The van der Waals surface area contributed by atoms with Crippen molar-refractivity contribution >= 4 is 0 Å². The summed E-state index contributed by atoms with van der Waals surface area (Å²) >= 11 is 0. The number of hydrogen-bond donors (Lipinski definition) is 2. The molecule has 3 N–H and O–H groups in total. The number of hydrogen-bond acceptors (Lipinski definition) is 4. The molecule has 2 heterocycles. The second-order valence-electron chi connectivity index (χ2n) is 4.46. The van der Waals surface area contributed by atoms with Crippen LogP contribution in [0.25, 0.3) is 0 Å². The number of aryl methyl sites for hydroxylation is 1. The zero-order chi connectivity index (χ0) is 12.5. The number of fused-ring (bicyclic) bond motifs is 1. The van der Waals surface area contributed by atoms with Crippen molar-refractivity contribution in [3.05, 3.63) is 47.5 Å². The molecule has 5 nitrogen and oxygen atoms in total. The van der Waals surface area contributed by atoms with Crippen LogP contribution in [0.4, 0.5) is 0 Å². The summed E-state index contributed by atoms with van der Waals surface area (Å²) < 4.78 is 7.48. The maximum absolute atomic E-state index is 5.68. The number of benzene rings is 1. The monoisotopic (exact) mass is 244 g/mol. The Bertz CT molecular complexity index is 564. The Balaban J connectivity index is 2.00. The molecular weight excluding hydrogens is 228 g/mol. The number of nitrogens with one attached hydrogen (secondary N) is 1. The van der Waals surface area contributed by atoms with Gasteiger partial charge < -0.3 is 9.30 Å². The molecule has 94 valence electrons. The van der Waals surface area contributed by atoms with E-state index < -0.39 is 0 Å². The number of nitrogens with two attached hydrogens (primary N) is 1. The molecule has 1 aliphatic rings. The Morgan fingerprint density at radius 2 is 2.39 bits per heavy atom. The molecule has 1 aromatic heterocycles. The molecule has 0 saturated heterocycles. The normalized spacial score (nSPS) is 15.2. The van der Waals surface area contributed by atoms with Crippen molar-refractivity contribution in [1.29, 1.82) is 0 Å². The van der Waals surface area contributed by atoms with Crippen LogP contribution in [0, 0.1) is 0 Å². The number of imidazole rings is 1. The lowest BCUT2D eigenvalue weighted by Gasteiger charge is -2.16. The smallest absolute Gasteiger partial charge is 0.131 e. The van der Waals surface area contributed by atoms with Gasteiger partial charge in [0.05, 0.1) is 6.61 Å². The number of rotatable bonds is 3. The fourth-order valence-corrected chi connectivity index (χ4v) is 2.36. The molecule has 0 fully saturated rings. The topological polar surface area (TPSA) is 65.1 Å². The molecule has 1 aliphatic heterocycles. The zero-order valence-electron chi connectivity index (χ0n) is 10.3. The van der Waals surface area contributed by atoms with Gasteiger partial charge in [-0.3, -0.25) is 5.84 Å². The summed E-state index contributed by atoms with van der Waals surface area (Å²) in [5, 5.41) is 0. The molecule has 1 aromatic carbocycles. The van der Waals surface area contributed by atoms with Crippen LogP contribution in [0.15, 0.2) is 30.6 Å². The van der Waals surface area contributed by atoms with Gasteiger partial charge in [0.2, 0.25) is 0 Å². The minimum absolute atomic E-state index is 0.101. The average molecular weight is 244 g/mol. The van der Waals surface area contributed by atoms with Gasteiger partial charge in [-0.15, -0.1) is 0 Å². The third-order valence-corrected chi connectivity index (χ3v) is 3.33. The summed E-state index contributed by atoms with van der Waals surface area (Å²) in [7, 11) is 1.96. The Morgan fingerprint density at radius 1 is 1.50 bits per heavy atom. The SMILES string of the molecule is Cn1ccnc1C(NN)c1ccc2c(c1)CCO2. The van der Waals surface area contributed by atoms with Gasteiger partial charge in [-0.2, -0.15) is 0 Å². The highest BCUT2D eigenvalue weighted by Gasteiger charge is 2.20. The van der Waals surface area contributed by atoms with E-state index in [4.69, 9.17) is 10.6 Å². The van der Waals surface area contributed by atoms with E-state index in [2.05, 4.69) is 16.5 Å². The summed E-state index contributed by atoms with van der Waals surface area (Å²) in [6.45, 7) is 0.766. The van der Waals surface area contributed by atoms with Gasteiger partial charge in [-0.05, 0) is 23.3 Å². The predicted molar refractivity (Wildman–Crippen MR) is 68.0 cm³/mol. The lowest BCUT2D eigenvalue weighted by atomic mass is 10.0. The van der Waals surface area contributed by atoms with Crippen LogP contribution in [-0.2, 0) is 13.5 Å². The highest BCUT2D eigenvalue weighted by atomic mass is 16.5. The average Bonchev–Trinajstić information content (AvgIpc) is 2.99. The van der Waals surface area contributed by atoms with Gasteiger partial charge in [-0.1, -0.05) is 6.07 Å². The molecule has 18 heavy (non-hydrogen) atoms.